The molecule has 36 heavy (non-hydrogen) atoms. The van der Waals surface area contributed by atoms with Gasteiger partial charge in [0.25, 0.3) is 0 Å². The van der Waals surface area contributed by atoms with Gasteiger partial charge in [0.05, 0.1) is 26.0 Å². The molecule has 4 rings (SSSR count). The molecule has 0 unspecified atom stereocenters. The highest BCUT2D eigenvalue weighted by atomic mass is 16.5. The Balaban J connectivity index is 1.70. The fourth-order valence-electron chi connectivity index (χ4n) is 4.46. The van der Waals surface area contributed by atoms with E-state index in [2.05, 4.69) is 37.4 Å². The summed E-state index contributed by atoms with van der Waals surface area (Å²) in [5.74, 6) is -0.0613. The highest BCUT2D eigenvalue weighted by Gasteiger charge is 2.19. The molecule has 1 heterocycles. The molecule has 0 aliphatic heterocycles. The molecule has 0 fully saturated rings. The van der Waals surface area contributed by atoms with Crippen molar-refractivity contribution in [3.8, 4) is 16.9 Å². The summed E-state index contributed by atoms with van der Waals surface area (Å²) in [4.78, 5) is 24.4. The first-order valence-corrected chi connectivity index (χ1v) is 11.6. The average Bonchev–Trinajstić information content (AvgIpc) is 3.28. The molecule has 0 bridgehead atoms. The number of ether oxygens (including phenoxy) is 2. The fraction of sp³-hybridized carbons (Fsp3) is 0.200. The molecule has 6 heteroatoms. The summed E-state index contributed by atoms with van der Waals surface area (Å²) in [6.45, 7) is 7.99. The molecule has 0 aliphatic rings. The second-order valence-corrected chi connectivity index (χ2v) is 8.81. The summed E-state index contributed by atoms with van der Waals surface area (Å²) in [6, 6.07) is 14.9. The van der Waals surface area contributed by atoms with Gasteiger partial charge in [-0.3, -0.25) is 4.79 Å². The number of hydrogen-bond donors (Lipinski definition) is 1. The van der Waals surface area contributed by atoms with Crippen molar-refractivity contribution in [2.75, 3.05) is 19.5 Å². The quantitative estimate of drug-likeness (QED) is 0.239. The van der Waals surface area contributed by atoms with Crippen LogP contribution in [0.15, 0.2) is 65.3 Å². The van der Waals surface area contributed by atoms with Crippen molar-refractivity contribution in [3.63, 3.8) is 0 Å². The normalized spacial score (nSPS) is 11.4. The first-order chi connectivity index (χ1) is 17.2. The summed E-state index contributed by atoms with van der Waals surface area (Å²) >= 11 is 0. The molecular formula is C30H29NO5. The number of hydrogen-bond acceptors (Lipinski definition) is 5. The van der Waals surface area contributed by atoms with Crippen molar-refractivity contribution in [2.24, 2.45) is 0 Å². The number of furan rings is 1. The maximum Gasteiger partial charge on any atom is 0.337 e. The number of amides is 1. The van der Waals surface area contributed by atoms with Crippen LogP contribution in [0.4, 0.5) is 5.69 Å². The van der Waals surface area contributed by atoms with Crippen molar-refractivity contribution in [1.82, 2.24) is 0 Å². The lowest BCUT2D eigenvalue weighted by molar-refractivity contribution is -0.111. The van der Waals surface area contributed by atoms with Gasteiger partial charge in [0.15, 0.2) is 0 Å². The smallest absolute Gasteiger partial charge is 0.337 e. The lowest BCUT2D eigenvalue weighted by Gasteiger charge is -2.14. The van der Waals surface area contributed by atoms with E-state index in [1.54, 1.807) is 37.6 Å². The Bertz CT molecular complexity index is 1490. The number of nitrogens with one attached hydrogen (secondary N) is 1. The Kier molecular flexibility index (Phi) is 6.97. The molecule has 1 N–H and O–H groups in total. The van der Waals surface area contributed by atoms with E-state index in [1.807, 2.05) is 19.9 Å². The van der Waals surface area contributed by atoms with Crippen molar-refractivity contribution < 1.29 is 23.5 Å². The lowest BCUT2D eigenvalue weighted by Crippen LogP contribution is -2.09. The first kappa shape index (κ1) is 24.8. The molecule has 0 radical (unpaired) electrons. The fourth-order valence-corrected chi connectivity index (χ4v) is 4.46. The molecule has 0 saturated heterocycles. The van der Waals surface area contributed by atoms with Gasteiger partial charge in [-0.05, 0) is 74.7 Å². The molecule has 1 aromatic heterocycles. The maximum absolute atomic E-state index is 12.8. The first-order valence-electron chi connectivity index (χ1n) is 11.6. The molecule has 1 amide bonds. The van der Waals surface area contributed by atoms with E-state index >= 15 is 0 Å². The summed E-state index contributed by atoms with van der Waals surface area (Å²) in [5, 5.41) is 3.79. The van der Waals surface area contributed by atoms with Crippen molar-refractivity contribution in [2.45, 2.75) is 27.7 Å². The van der Waals surface area contributed by atoms with Crippen LogP contribution in [0.3, 0.4) is 0 Å². The number of allylic oxidation sites excluding steroid dienone is 1. The third-order valence-corrected chi connectivity index (χ3v) is 6.27. The molecular weight excluding hydrogens is 454 g/mol. The predicted molar refractivity (Wildman–Crippen MR) is 142 cm³/mol. The summed E-state index contributed by atoms with van der Waals surface area (Å²) in [6.07, 6.45) is 3.32. The predicted octanol–water partition coefficient (Wildman–Crippen LogP) is 6.86. The zero-order chi connectivity index (χ0) is 26.0. The second kappa shape index (κ2) is 10.1. The minimum atomic E-state index is -0.430. The number of fused-ring (bicyclic) bond motifs is 1. The number of esters is 1. The van der Waals surface area contributed by atoms with Crippen LogP contribution in [0.25, 0.3) is 27.7 Å². The Labute approximate surface area is 210 Å². The van der Waals surface area contributed by atoms with Crippen LogP contribution in [0.2, 0.25) is 0 Å². The van der Waals surface area contributed by atoms with Crippen LogP contribution in [-0.4, -0.2) is 26.1 Å². The number of carbonyl (C=O) groups excluding carboxylic acids is 2. The molecule has 6 nitrogen and oxygen atoms in total. The number of rotatable bonds is 6. The van der Waals surface area contributed by atoms with Crippen LogP contribution in [0.5, 0.6) is 5.75 Å². The van der Waals surface area contributed by atoms with Gasteiger partial charge in [0.1, 0.15) is 11.3 Å². The second-order valence-electron chi connectivity index (χ2n) is 8.81. The van der Waals surface area contributed by atoms with Crippen molar-refractivity contribution in [1.29, 1.82) is 0 Å². The van der Waals surface area contributed by atoms with Gasteiger partial charge in [0.2, 0.25) is 5.91 Å². The van der Waals surface area contributed by atoms with Crippen LogP contribution < -0.4 is 10.1 Å². The number of carbonyl (C=O) groups is 2. The number of methoxy groups -OCH3 is 2. The van der Waals surface area contributed by atoms with Gasteiger partial charge in [-0.2, -0.15) is 0 Å². The Morgan fingerprint density at radius 2 is 1.67 bits per heavy atom. The average molecular weight is 484 g/mol. The maximum atomic E-state index is 12.8. The molecule has 3 aromatic carbocycles. The molecule has 184 valence electrons. The largest absolute Gasteiger partial charge is 0.496 e. The third kappa shape index (κ3) is 4.75. The highest BCUT2D eigenvalue weighted by molar-refractivity contribution is 6.06. The van der Waals surface area contributed by atoms with Gasteiger partial charge in [-0.1, -0.05) is 23.8 Å². The van der Waals surface area contributed by atoms with E-state index in [9.17, 15) is 9.59 Å². The van der Waals surface area contributed by atoms with Gasteiger partial charge < -0.3 is 19.2 Å². The van der Waals surface area contributed by atoms with E-state index in [0.29, 0.717) is 17.0 Å². The SMILES string of the molecule is COC(=O)c1ccc(NC(=O)/C=C(\C)c2cc3c(-c4ccc(C)cc4C)coc3c(C)c2OC)cc1. The summed E-state index contributed by atoms with van der Waals surface area (Å²) < 4.78 is 16.4. The zero-order valence-electron chi connectivity index (χ0n) is 21.3. The number of anilines is 1. The Morgan fingerprint density at radius 3 is 2.31 bits per heavy atom. The van der Waals surface area contributed by atoms with Crippen LogP contribution >= 0.6 is 0 Å². The van der Waals surface area contributed by atoms with E-state index in [0.717, 1.165) is 44.4 Å². The molecule has 0 saturated carbocycles. The van der Waals surface area contributed by atoms with E-state index in [4.69, 9.17) is 13.9 Å². The number of aryl methyl sites for hydroxylation is 3. The van der Waals surface area contributed by atoms with Crippen molar-refractivity contribution >= 4 is 34.1 Å². The summed E-state index contributed by atoms with van der Waals surface area (Å²) in [5.41, 5.74) is 8.63. The molecule has 0 aliphatic carbocycles. The topological polar surface area (TPSA) is 77.8 Å². The van der Waals surface area contributed by atoms with Gasteiger partial charge >= 0.3 is 5.97 Å². The Morgan fingerprint density at radius 1 is 0.944 bits per heavy atom. The Hall–Kier alpha value is -4.32. The van der Waals surface area contributed by atoms with Gasteiger partial charge in [0, 0.05) is 33.8 Å². The van der Waals surface area contributed by atoms with Gasteiger partial charge in [-0.25, -0.2) is 4.79 Å². The lowest BCUT2D eigenvalue weighted by atomic mass is 9.94. The minimum absolute atomic E-state index is 0.292. The number of benzene rings is 3. The van der Waals surface area contributed by atoms with Crippen molar-refractivity contribution in [3.05, 3.63) is 88.7 Å². The standard InChI is InChI=1S/C30H29NO5/c1-17-7-12-23(18(2)13-17)26-16-36-29-20(4)28(34-5)24(15-25(26)29)19(3)14-27(32)31-22-10-8-21(9-11-22)30(33)35-6/h7-16H,1-6H3,(H,31,32)/b19-14+. The minimum Gasteiger partial charge on any atom is -0.496 e. The van der Waals surface area contributed by atoms with Crippen LogP contribution in [0, 0.1) is 20.8 Å². The monoisotopic (exact) mass is 483 g/mol. The summed E-state index contributed by atoms with van der Waals surface area (Å²) in [7, 11) is 2.94. The molecule has 4 aromatic rings. The van der Waals surface area contributed by atoms with E-state index in [-0.39, 0.29) is 5.91 Å². The third-order valence-electron chi connectivity index (χ3n) is 6.27. The van der Waals surface area contributed by atoms with Crippen LogP contribution in [-0.2, 0) is 9.53 Å². The molecule has 0 spiro atoms. The van der Waals surface area contributed by atoms with Crippen LogP contribution in [0.1, 0.15) is 39.5 Å². The van der Waals surface area contributed by atoms with E-state index in [1.165, 1.54) is 18.7 Å². The molecule has 0 atom stereocenters. The van der Waals surface area contributed by atoms with Gasteiger partial charge in [-0.15, -0.1) is 0 Å². The van der Waals surface area contributed by atoms with E-state index < -0.39 is 5.97 Å². The zero-order valence-corrected chi connectivity index (χ0v) is 21.3. The highest BCUT2D eigenvalue weighted by Crippen LogP contribution is 2.41.